The summed E-state index contributed by atoms with van der Waals surface area (Å²) in [5.41, 5.74) is 0. The van der Waals surface area contributed by atoms with Gasteiger partial charge in [0.05, 0.1) is 6.26 Å². The maximum absolute atomic E-state index is 12.8. The third-order valence-corrected chi connectivity index (χ3v) is 1.52. The van der Waals surface area contributed by atoms with Gasteiger partial charge in [-0.3, -0.25) is 0 Å². The van der Waals surface area contributed by atoms with Crippen molar-refractivity contribution in [2.45, 2.75) is 31.2 Å². The van der Waals surface area contributed by atoms with Crippen LogP contribution in [0.3, 0.4) is 0 Å². The minimum Gasteiger partial charge on any atom is -0.493 e. The summed E-state index contributed by atoms with van der Waals surface area (Å²) in [6, 6.07) is 0. The fourth-order valence-electron chi connectivity index (χ4n) is 0.676. The normalized spacial score (nSPS) is 17.4. The molecule has 14 heavy (non-hydrogen) atoms. The lowest BCUT2D eigenvalue weighted by molar-refractivity contribution is -0.288. The minimum atomic E-state index is -5.39. The van der Waals surface area contributed by atoms with Crippen molar-refractivity contribution < 1.29 is 31.8 Å². The monoisotopic (exact) mass is 220 g/mol. The fourth-order valence-corrected chi connectivity index (χ4v) is 0.676. The average Bonchev–Trinajstić information content (AvgIpc) is 2.01. The first-order chi connectivity index (χ1) is 6.14. The van der Waals surface area contributed by atoms with Crippen LogP contribution in [0.25, 0.3) is 0 Å². The van der Waals surface area contributed by atoms with Crippen LogP contribution in [0.5, 0.6) is 0 Å². The lowest BCUT2D eigenvalue weighted by Crippen LogP contribution is -2.51. The third kappa shape index (κ3) is 2.83. The number of hydrogen-bond acceptors (Lipinski definition) is 2. The summed E-state index contributed by atoms with van der Waals surface area (Å²) in [5, 5.41) is 8.32. The number of aliphatic hydroxyl groups excluding tert-OH is 1. The van der Waals surface area contributed by atoms with Gasteiger partial charge in [-0.2, -0.15) is 22.0 Å². The molecule has 0 bridgehead atoms. The van der Waals surface area contributed by atoms with E-state index in [0.29, 0.717) is 13.2 Å². The Hall–Kier alpha value is -0.850. The molecule has 0 rings (SSSR count). The van der Waals surface area contributed by atoms with Crippen LogP contribution in [-0.2, 0) is 4.74 Å². The van der Waals surface area contributed by atoms with Gasteiger partial charge in [0.25, 0.3) is 0 Å². The molecule has 0 saturated heterocycles. The zero-order valence-electron chi connectivity index (χ0n) is 7.18. The van der Waals surface area contributed by atoms with E-state index in [4.69, 9.17) is 5.11 Å². The van der Waals surface area contributed by atoms with Crippen molar-refractivity contribution in [3.05, 3.63) is 12.8 Å². The van der Waals surface area contributed by atoms with Gasteiger partial charge in [0.1, 0.15) is 0 Å². The fraction of sp³-hybridized carbons (Fsp3) is 0.714. The SMILES string of the molecule is C=COC(C)C(F)(F)C(O)C(F)(F)F. The van der Waals surface area contributed by atoms with Crippen molar-refractivity contribution in [1.29, 1.82) is 0 Å². The van der Waals surface area contributed by atoms with Gasteiger partial charge in [0, 0.05) is 0 Å². The Bertz CT molecular complexity index is 201. The smallest absolute Gasteiger partial charge is 0.420 e. The zero-order chi connectivity index (χ0) is 11.6. The molecule has 0 saturated carbocycles. The molecule has 0 aromatic heterocycles. The molecule has 2 atom stereocenters. The van der Waals surface area contributed by atoms with E-state index in [0.717, 1.165) is 0 Å². The second-order valence-electron chi connectivity index (χ2n) is 2.56. The van der Waals surface area contributed by atoms with Gasteiger partial charge in [-0.25, -0.2) is 0 Å². The first-order valence-corrected chi connectivity index (χ1v) is 3.53. The molecule has 84 valence electrons. The maximum atomic E-state index is 12.8. The zero-order valence-corrected chi connectivity index (χ0v) is 7.18. The van der Waals surface area contributed by atoms with Gasteiger partial charge >= 0.3 is 12.1 Å². The van der Waals surface area contributed by atoms with E-state index in [1.165, 1.54) is 0 Å². The van der Waals surface area contributed by atoms with Crippen LogP contribution < -0.4 is 0 Å². The summed E-state index contributed by atoms with van der Waals surface area (Å²) in [7, 11) is 0. The molecule has 7 heteroatoms. The number of ether oxygens (including phenoxy) is 1. The number of alkyl halides is 5. The molecule has 0 aromatic rings. The average molecular weight is 220 g/mol. The molecule has 0 aliphatic rings. The van der Waals surface area contributed by atoms with E-state index in [9.17, 15) is 22.0 Å². The molecule has 0 aromatic carbocycles. The molecule has 0 fully saturated rings. The molecule has 0 aliphatic heterocycles. The maximum Gasteiger partial charge on any atom is 0.420 e. The van der Waals surface area contributed by atoms with Crippen molar-refractivity contribution in [2.75, 3.05) is 0 Å². The highest BCUT2D eigenvalue weighted by Gasteiger charge is 2.58. The Kier molecular flexibility index (Phi) is 3.87. The predicted molar refractivity (Wildman–Crippen MR) is 37.8 cm³/mol. The van der Waals surface area contributed by atoms with Gasteiger partial charge in [-0.05, 0) is 6.92 Å². The van der Waals surface area contributed by atoms with Crippen LogP contribution >= 0.6 is 0 Å². The Labute approximate surface area is 77.0 Å². The molecule has 0 spiro atoms. The van der Waals surface area contributed by atoms with Crippen LogP contribution in [0.15, 0.2) is 12.8 Å². The first kappa shape index (κ1) is 13.2. The van der Waals surface area contributed by atoms with Crippen LogP contribution in [-0.4, -0.2) is 29.4 Å². The topological polar surface area (TPSA) is 29.5 Å². The summed E-state index contributed by atoms with van der Waals surface area (Å²) < 4.78 is 64.8. The van der Waals surface area contributed by atoms with E-state index in [2.05, 4.69) is 11.3 Å². The third-order valence-electron chi connectivity index (χ3n) is 1.52. The summed E-state index contributed by atoms with van der Waals surface area (Å²) >= 11 is 0. The van der Waals surface area contributed by atoms with E-state index in [1.54, 1.807) is 0 Å². The van der Waals surface area contributed by atoms with Crippen molar-refractivity contribution >= 4 is 0 Å². The lowest BCUT2D eigenvalue weighted by Gasteiger charge is -2.28. The number of aliphatic hydroxyl groups is 1. The second kappa shape index (κ2) is 4.12. The Morgan fingerprint density at radius 3 is 2.00 bits per heavy atom. The van der Waals surface area contributed by atoms with E-state index >= 15 is 0 Å². The second-order valence-corrected chi connectivity index (χ2v) is 2.56. The highest BCUT2D eigenvalue weighted by Crippen LogP contribution is 2.35. The van der Waals surface area contributed by atoms with Crippen molar-refractivity contribution in [3.8, 4) is 0 Å². The molecule has 0 aliphatic carbocycles. The van der Waals surface area contributed by atoms with Gasteiger partial charge in [0.15, 0.2) is 6.10 Å². The Morgan fingerprint density at radius 2 is 1.71 bits per heavy atom. The van der Waals surface area contributed by atoms with Crippen molar-refractivity contribution in [2.24, 2.45) is 0 Å². The van der Waals surface area contributed by atoms with Crippen LogP contribution in [0, 0.1) is 0 Å². The van der Waals surface area contributed by atoms with Gasteiger partial charge in [0.2, 0.25) is 6.10 Å². The lowest BCUT2D eigenvalue weighted by atomic mass is 10.1. The van der Waals surface area contributed by atoms with E-state index in [-0.39, 0.29) is 0 Å². The van der Waals surface area contributed by atoms with Crippen LogP contribution in [0.4, 0.5) is 22.0 Å². The highest BCUT2D eigenvalue weighted by molar-refractivity contribution is 4.88. The van der Waals surface area contributed by atoms with Crippen molar-refractivity contribution in [1.82, 2.24) is 0 Å². The van der Waals surface area contributed by atoms with Crippen LogP contribution in [0.1, 0.15) is 6.92 Å². The number of rotatable bonds is 4. The van der Waals surface area contributed by atoms with Crippen LogP contribution in [0.2, 0.25) is 0 Å². The standard InChI is InChI=1S/C7H9F5O2/c1-3-14-4(2)6(8,9)5(13)7(10,11)12/h3-5,13H,1H2,2H3. The first-order valence-electron chi connectivity index (χ1n) is 3.53. The summed E-state index contributed by atoms with van der Waals surface area (Å²) in [5.74, 6) is -4.41. The Morgan fingerprint density at radius 1 is 1.29 bits per heavy atom. The largest absolute Gasteiger partial charge is 0.493 e. The Balaban J connectivity index is 4.67. The molecule has 1 N–H and O–H groups in total. The molecule has 2 nitrogen and oxygen atoms in total. The molecule has 0 heterocycles. The van der Waals surface area contributed by atoms with E-state index < -0.39 is 24.3 Å². The predicted octanol–water partition coefficient (Wildman–Crippen LogP) is 2.09. The molecular weight excluding hydrogens is 211 g/mol. The summed E-state index contributed by atoms with van der Waals surface area (Å²) in [6.45, 7) is 3.62. The molecule has 0 amide bonds. The summed E-state index contributed by atoms with van der Waals surface area (Å²) in [6.07, 6.45) is -10.6. The molecule has 2 unspecified atom stereocenters. The molecule has 0 radical (unpaired) electrons. The number of hydrogen-bond donors (Lipinski definition) is 1. The quantitative estimate of drug-likeness (QED) is 0.580. The number of halogens is 5. The van der Waals surface area contributed by atoms with Gasteiger partial charge in [-0.15, -0.1) is 0 Å². The van der Waals surface area contributed by atoms with Crippen molar-refractivity contribution in [3.63, 3.8) is 0 Å². The minimum absolute atomic E-state index is 0.585. The summed E-state index contributed by atoms with van der Waals surface area (Å²) in [4.78, 5) is 0. The molecular formula is C7H9F5O2. The van der Waals surface area contributed by atoms with E-state index in [1.807, 2.05) is 0 Å². The van der Waals surface area contributed by atoms with Gasteiger partial charge in [-0.1, -0.05) is 6.58 Å². The van der Waals surface area contributed by atoms with Gasteiger partial charge < -0.3 is 9.84 Å². The highest BCUT2D eigenvalue weighted by atomic mass is 19.4.